The van der Waals surface area contributed by atoms with E-state index in [-0.39, 0.29) is 5.56 Å². The SMILES string of the molecule is Cc1cnc(Sc2ccc(C(=O)O)cc2)c(Br)c1. The fourth-order valence-electron chi connectivity index (χ4n) is 1.37. The highest BCUT2D eigenvalue weighted by Crippen LogP contribution is 2.32. The van der Waals surface area contributed by atoms with Crippen molar-refractivity contribution in [3.8, 4) is 0 Å². The van der Waals surface area contributed by atoms with Crippen LogP contribution in [0.4, 0.5) is 0 Å². The van der Waals surface area contributed by atoms with Gasteiger partial charge >= 0.3 is 5.97 Å². The molecule has 0 bridgehead atoms. The van der Waals surface area contributed by atoms with E-state index < -0.39 is 5.97 Å². The molecule has 0 saturated heterocycles. The highest BCUT2D eigenvalue weighted by atomic mass is 79.9. The van der Waals surface area contributed by atoms with Gasteiger partial charge in [-0.15, -0.1) is 0 Å². The van der Waals surface area contributed by atoms with Crippen molar-refractivity contribution in [1.29, 1.82) is 0 Å². The topological polar surface area (TPSA) is 50.2 Å². The summed E-state index contributed by atoms with van der Waals surface area (Å²) >= 11 is 4.96. The van der Waals surface area contributed by atoms with Gasteiger partial charge in [0.05, 0.1) is 10.0 Å². The Morgan fingerprint density at radius 3 is 2.56 bits per heavy atom. The zero-order valence-electron chi connectivity index (χ0n) is 9.55. The number of aromatic carboxylic acids is 1. The number of hydrogen-bond donors (Lipinski definition) is 1. The number of benzene rings is 1. The molecule has 0 spiro atoms. The Morgan fingerprint density at radius 1 is 1.33 bits per heavy atom. The molecule has 2 aromatic rings. The molecule has 5 heteroatoms. The third-order valence-corrected chi connectivity index (χ3v) is 4.15. The maximum Gasteiger partial charge on any atom is 0.335 e. The molecule has 0 amide bonds. The average Bonchev–Trinajstić information content (AvgIpc) is 2.33. The summed E-state index contributed by atoms with van der Waals surface area (Å²) in [4.78, 5) is 16.0. The molecule has 0 unspecified atom stereocenters. The minimum absolute atomic E-state index is 0.287. The maximum atomic E-state index is 10.7. The Hall–Kier alpha value is -1.33. The van der Waals surface area contributed by atoms with Gasteiger partial charge in [0.25, 0.3) is 0 Å². The summed E-state index contributed by atoms with van der Waals surface area (Å²) in [5, 5.41) is 9.68. The van der Waals surface area contributed by atoms with Crippen molar-refractivity contribution in [2.45, 2.75) is 16.8 Å². The van der Waals surface area contributed by atoms with Gasteiger partial charge in [-0.2, -0.15) is 0 Å². The molecule has 1 N–H and O–H groups in total. The molecule has 1 aromatic heterocycles. The van der Waals surface area contributed by atoms with Crippen molar-refractivity contribution in [3.05, 3.63) is 52.1 Å². The molecule has 0 saturated carbocycles. The van der Waals surface area contributed by atoms with E-state index in [1.807, 2.05) is 13.0 Å². The molecule has 92 valence electrons. The van der Waals surface area contributed by atoms with Gasteiger partial charge in [-0.1, -0.05) is 11.8 Å². The van der Waals surface area contributed by atoms with E-state index in [0.717, 1.165) is 20.0 Å². The minimum atomic E-state index is -0.916. The molecule has 0 aliphatic rings. The Labute approximate surface area is 117 Å². The standard InChI is InChI=1S/C13H10BrNO2S/c1-8-6-11(14)12(15-7-8)18-10-4-2-9(3-5-10)13(16)17/h2-7H,1H3,(H,16,17). The highest BCUT2D eigenvalue weighted by molar-refractivity contribution is 9.10. The molecular weight excluding hydrogens is 314 g/mol. The van der Waals surface area contributed by atoms with E-state index in [1.54, 1.807) is 30.5 Å². The predicted octanol–water partition coefficient (Wildman–Crippen LogP) is 4.00. The number of rotatable bonds is 3. The third kappa shape index (κ3) is 3.11. The number of halogens is 1. The first-order chi connectivity index (χ1) is 8.56. The van der Waals surface area contributed by atoms with Crippen molar-refractivity contribution < 1.29 is 9.90 Å². The number of carboxylic acid groups (broad SMARTS) is 1. The predicted molar refractivity (Wildman–Crippen MR) is 74.2 cm³/mol. The molecule has 1 aromatic carbocycles. The van der Waals surface area contributed by atoms with Gasteiger partial charge in [0.15, 0.2) is 0 Å². The van der Waals surface area contributed by atoms with Crippen molar-refractivity contribution >= 4 is 33.7 Å². The molecule has 0 aliphatic carbocycles. The molecule has 0 aliphatic heterocycles. The zero-order valence-corrected chi connectivity index (χ0v) is 12.0. The third-order valence-electron chi connectivity index (χ3n) is 2.26. The summed E-state index contributed by atoms with van der Waals surface area (Å²) in [6.45, 7) is 1.98. The quantitative estimate of drug-likeness (QED) is 0.927. The number of aryl methyl sites for hydroxylation is 1. The van der Waals surface area contributed by atoms with Crippen molar-refractivity contribution in [1.82, 2.24) is 4.98 Å². The van der Waals surface area contributed by atoms with Gasteiger partial charge in [0.2, 0.25) is 0 Å². The Morgan fingerprint density at radius 2 is 2.00 bits per heavy atom. The van der Waals surface area contributed by atoms with Gasteiger partial charge in [-0.3, -0.25) is 0 Å². The second-order valence-electron chi connectivity index (χ2n) is 3.73. The van der Waals surface area contributed by atoms with Crippen LogP contribution in [0.1, 0.15) is 15.9 Å². The summed E-state index contributed by atoms with van der Waals surface area (Å²) in [5.74, 6) is -0.916. The highest BCUT2D eigenvalue weighted by Gasteiger charge is 2.06. The van der Waals surface area contributed by atoms with E-state index in [0.29, 0.717) is 0 Å². The molecule has 3 nitrogen and oxygen atoms in total. The second kappa shape index (κ2) is 5.54. The maximum absolute atomic E-state index is 10.7. The van der Waals surface area contributed by atoms with Gasteiger partial charge in [-0.05, 0) is 58.7 Å². The minimum Gasteiger partial charge on any atom is -0.478 e. The first-order valence-corrected chi connectivity index (χ1v) is 6.80. The lowest BCUT2D eigenvalue weighted by Gasteiger charge is -2.04. The van der Waals surface area contributed by atoms with Crippen LogP contribution in [-0.2, 0) is 0 Å². The lowest BCUT2D eigenvalue weighted by atomic mass is 10.2. The summed E-state index contributed by atoms with van der Waals surface area (Å²) in [6.07, 6.45) is 1.80. The van der Waals surface area contributed by atoms with Crippen LogP contribution in [0.2, 0.25) is 0 Å². The van der Waals surface area contributed by atoms with Crippen LogP contribution in [-0.4, -0.2) is 16.1 Å². The molecular formula is C13H10BrNO2S. The first-order valence-electron chi connectivity index (χ1n) is 5.19. The molecule has 0 atom stereocenters. The van der Waals surface area contributed by atoms with Crippen LogP contribution < -0.4 is 0 Å². The van der Waals surface area contributed by atoms with Crippen molar-refractivity contribution in [3.63, 3.8) is 0 Å². The lowest BCUT2D eigenvalue weighted by molar-refractivity contribution is 0.0697. The van der Waals surface area contributed by atoms with Gasteiger partial charge in [0, 0.05) is 11.1 Å². The molecule has 2 rings (SSSR count). The summed E-state index contributed by atoms with van der Waals surface area (Å²) in [6, 6.07) is 8.74. The number of carboxylic acids is 1. The number of nitrogens with zero attached hydrogens (tertiary/aromatic N) is 1. The van der Waals surface area contributed by atoms with Crippen molar-refractivity contribution in [2.24, 2.45) is 0 Å². The van der Waals surface area contributed by atoms with Crippen LogP contribution in [0.3, 0.4) is 0 Å². The zero-order chi connectivity index (χ0) is 13.1. The number of carbonyl (C=O) groups is 1. The van der Waals surface area contributed by atoms with E-state index >= 15 is 0 Å². The van der Waals surface area contributed by atoms with Gasteiger partial charge < -0.3 is 5.11 Å². The molecule has 1 heterocycles. The fraction of sp³-hybridized carbons (Fsp3) is 0.0769. The summed E-state index contributed by atoms with van der Waals surface area (Å²) in [7, 11) is 0. The summed E-state index contributed by atoms with van der Waals surface area (Å²) in [5.41, 5.74) is 1.38. The number of pyridine rings is 1. The van der Waals surface area contributed by atoms with Gasteiger partial charge in [-0.25, -0.2) is 9.78 Å². The first kappa shape index (κ1) is 13.1. The van der Waals surface area contributed by atoms with E-state index in [9.17, 15) is 4.79 Å². The average molecular weight is 324 g/mol. The van der Waals surface area contributed by atoms with Crippen LogP contribution in [0.25, 0.3) is 0 Å². The van der Waals surface area contributed by atoms with Crippen LogP contribution in [0, 0.1) is 6.92 Å². The Kier molecular flexibility index (Phi) is 4.04. The van der Waals surface area contributed by atoms with E-state index in [2.05, 4.69) is 20.9 Å². The Balaban J connectivity index is 2.21. The monoisotopic (exact) mass is 323 g/mol. The molecule has 0 radical (unpaired) electrons. The van der Waals surface area contributed by atoms with Crippen LogP contribution in [0.5, 0.6) is 0 Å². The largest absolute Gasteiger partial charge is 0.478 e. The van der Waals surface area contributed by atoms with Crippen molar-refractivity contribution in [2.75, 3.05) is 0 Å². The van der Waals surface area contributed by atoms with Crippen LogP contribution >= 0.6 is 27.7 Å². The molecule has 18 heavy (non-hydrogen) atoms. The molecule has 0 fully saturated rings. The van der Waals surface area contributed by atoms with Gasteiger partial charge in [0.1, 0.15) is 5.03 Å². The number of aromatic nitrogens is 1. The normalized spacial score (nSPS) is 10.3. The van der Waals surface area contributed by atoms with E-state index in [4.69, 9.17) is 5.11 Å². The smallest absolute Gasteiger partial charge is 0.335 e. The van der Waals surface area contributed by atoms with E-state index in [1.165, 1.54) is 11.8 Å². The second-order valence-corrected chi connectivity index (χ2v) is 5.65. The number of hydrogen-bond acceptors (Lipinski definition) is 3. The fourth-order valence-corrected chi connectivity index (χ4v) is 2.84. The summed E-state index contributed by atoms with van der Waals surface area (Å²) < 4.78 is 0.940. The Bertz CT molecular complexity index is 584. The van der Waals surface area contributed by atoms with Crippen LogP contribution in [0.15, 0.2) is 50.9 Å². The lowest BCUT2D eigenvalue weighted by Crippen LogP contribution is -1.94.